The number of rotatable bonds is 8. The highest BCUT2D eigenvalue weighted by molar-refractivity contribution is 5.80. The van der Waals surface area contributed by atoms with Crippen molar-refractivity contribution in [2.75, 3.05) is 20.2 Å². The largest absolute Gasteiger partial charge is 0.456 e. The first-order valence-electron chi connectivity index (χ1n) is 6.89. The Kier molecular flexibility index (Phi) is 8.39. The summed E-state index contributed by atoms with van der Waals surface area (Å²) in [5.41, 5.74) is 5.63. The second kappa shape index (κ2) is 8.91. The third kappa shape index (κ3) is 7.82. The van der Waals surface area contributed by atoms with Crippen LogP contribution in [0.25, 0.3) is 0 Å². The van der Waals surface area contributed by atoms with E-state index in [1.165, 1.54) is 0 Å². The lowest BCUT2D eigenvalue weighted by Crippen LogP contribution is -2.36. The van der Waals surface area contributed by atoms with Crippen LogP contribution >= 0.6 is 0 Å². The lowest BCUT2D eigenvalue weighted by atomic mass is 9.94. The number of carbonyl (C=O) groups excluding carboxylic acids is 2. The van der Waals surface area contributed by atoms with E-state index in [9.17, 15) is 9.59 Å². The van der Waals surface area contributed by atoms with Gasteiger partial charge in [-0.25, -0.2) is 0 Å². The fourth-order valence-corrected chi connectivity index (χ4v) is 1.76. The number of likely N-dealkylation sites (N-methyl/N-ethyl adjacent to an activating group) is 1. The molecule has 0 aromatic rings. The Balaban J connectivity index is 4.07. The predicted octanol–water partition coefficient (Wildman–Crippen LogP) is 1.41. The molecule has 0 radical (unpaired) electrons. The Bertz CT molecular complexity index is 290. The summed E-state index contributed by atoms with van der Waals surface area (Å²) in [4.78, 5) is 24.8. The van der Waals surface area contributed by atoms with Gasteiger partial charge in [-0.2, -0.15) is 0 Å². The molecule has 112 valence electrons. The number of nitrogens with two attached hydrogens (primary N) is 1. The highest BCUT2D eigenvalue weighted by Gasteiger charge is 2.18. The van der Waals surface area contributed by atoms with Crippen molar-refractivity contribution in [2.24, 2.45) is 17.6 Å². The van der Waals surface area contributed by atoms with E-state index in [1.54, 1.807) is 11.9 Å². The van der Waals surface area contributed by atoms with Gasteiger partial charge in [-0.1, -0.05) is 13.8 Å². The molecule has 0 saturated heterocycles. The van der Waals surface area contributed by atoms with Crippen LogP contribution in [0, 0.1) is 11.8 Å². The van der Waals surface area contributed by atoms with E-state index in [2.05, 4.69) is 13.8 Å². The summed E-state index contributed by atoms with van der Waals surface area (Å²) in [7, 11) is 1.70. The summed E-state index contributed by atoms with van der Waals surface area (Å²) < 4.78 is 5.00. The number of esters is 1. The normalized spacial score (nSPS) is 12.6. The van der Waals surface area contributed by atoms with Crippen molar-refractivity contribution >= 4 is 11.9 Å². The first-order valence-corrected chi connectivity index (χ1v) is 6.89. The summed E-state index contributed by atoms with van der Waals surface area (Å²) in [6, 6.07) is 0.101. The lowest BCUT2D eigenvalue weighted by Gasteiger charge is -2.21. The van der Waals surface area contributed by atoms with Crippen molar-refractivity contribution in [1.29, 1.82) is 0 Å². The fraction of sp³-hybridized carbons (Fsp3) is 0.857. The fourth-order valence-electron chi connectivity index (χ4n) is 1.76. The zero-order valence-corrected chi connectivity index (χ0v) is 12.8. The minimum atomic E-state index is -0.346. The van der Waals surface area contributed by atoms with E-state index in [1.807, 2.05) is 13.8 Å². The molecule has 0 aliphatic rings. The summed E-state index contributed by atoms with van der Waals surface area (Å²) in [6.07, 6.45) is 1.18. The highest BCUT2D eigenvalue weighted by Crippen LogP contribution is 2.14. The maximum atomic E-state index is 11.6. The highest BCUT2D eigenvalue weighted by atomic mass is 16.5. The molecule has 5 nitrogen and oxygen atoms in total. The number of carbonyl (C=O) groups is 2. The monoisotopic (exact) mass is 272 g/mol. The van der Waals surface area contributed by atoms with E-state index >= 15 is 0 Å². The van der Waals surface area contributed by atoms with Crippen LogP contribution in [0.1, 0.15) is 40.5 Å². The van der Waals surface area contributed by atoms with Gasteiger partial charge in [-0.15, -0.1) is 0 Å². The van der Waals surface area contributed by atoms with Gasteiger partial charge in [0, 0.05) is 19.5 Å². The third-order valence-corrected chi connectivity index (χ3v) is 3.12. The molecule has 0 unspecified atom stereocenters. The van der Waals surface area contributed by atoms with Gasteiger partial charge < -0.3 is 15.4 Å². The van der Waals surface area contributed by atoms with Gasteiger partial charge in [-0.05, 0) is 38.6 Å². The van der Waals surface area contributed by atoms with Crippen molar-refractivity contribution in [2.45, 2.75) is 46.6 Å². The second-order valence-corrected chi connectivity index (χ2v) is 5.69. The Morgan fingerprint density at radius 2 is 1.79 bits per heavy atom. The number of ether oxygens (including phenoxy) is 1. The van der Waals surface area contributed by atoms with Crippen LogP contribution in [-0.2, 0) is 14.3 Å². The summed E-state index contributed by atoms with van der Waals surface area (Å²) in [6.45, 7) is 8.28. The first-order chi connectivity index (χ1) is 8.77. The van der Waals surface area contributed by atoms with Crippen LogP contribution in [0.2, 0.25) is 0 Å². The first kappa shape index (κ1) is 17.9. The van der Waals surface area contributed by atoms with E-state index < -0.39 is 0 Å². The molecule has 0 spiro atoms. The second-order valence-electron chi connectivity index (χ2n) is 5.69. The molecule has 0 saturated carbocycles. The zero-order chi connectivity index (χ0) is 15.0. The molecular formula is C14H28N2O3. The summed E-state index contributed by atoms with van der Waals surface area (Å²) >= 11 is 0. The molecule has 1 amide bonds. The molecule has 0 aromatic heterocycles. The van der Waals surface area contributed by atoms with E-state index in [0.717, 1.165) is 6.42 Å². The Labute approximate surface area is 116 Å². The Morgan fingerprint density at radius 1 is 1.21 bits per heavy atom. The van der Waals surface area contributed by atoms with Crippen molar-refractivity contribution in [1.82, 2.24) is 4.90 Å². The van der Waals surface area contributed by atoms with E-state index in [4.69, 9.17) is 10.5 Å². The van der Waals surface area contributed by atoms with E-state index in [-0.39, 0.29) is 36.9 Å². The maximum Gasteiger partial charge on any atom is 0.306 e. The molecule has 0 aliphatic carbocycles. The molecule has 2 N–H and O–H groups in total. The van der Waals surface area contributed by atoms with Crippen LogP contribution < -0.4 is 5.73 Å². The molecule has 0 heterocycles. The van der Waals surface area contributed by atoms with Gasteiger partial charge in [0.1, 0.15) is 0 Å². The minimum Gasteiger partial charge on any atom is -0.456 e. The molecular weight excluding hydrogens is 244 g/mol. The molecule has 1 atom stereocenters. The maximum absolute atomic E-state index is 11.6. The molecule has 0 aromatic carbocycles. The average molecular weight is 272 g/mol. The van der Waals surface area contributed by atoms with Crippen LogP contribution in [0.5, 0.6) is 0 Å². The smallest absolute Gasteiger partial charge is 0.306 e. The predicted molar refractivity (Wildman–Crippen MR) is 75.5 cm³/mol. The van der Waals surface area contributed by atoms with Crippen LogP contribution in [0.3, 0.4) is 0 Å². The molecule has 19 heavy (non-hydrogen) atoms. The topological polar surface area (TPSA) is 72.6 Å². The molecule has 0 bridgehead atoms. The summed E-state index contributed by atoms with van der Waals surface area (Å²) in [5, 5.41) is 0. The van der Waals surface area contributed by atoms with Crippen molar-refractivity contribution < 1.29 is 14.3 Å². The van der Waals surface area contributed by atoms with Gasteiger partial charge >= 0.3 is 5.97 Å². The molecule has 5 heteroatoms. The van der Waals surface area contributed by atoms with Gasteiger partial charge in [-0.3, -0.25) is 9.59 Å². The van der Waals surface area contributed by atoms with Gasteiger partial charge in [0.25, 0.3) is 5.91 Å². The lowest BCUT2D eigenvalue weighted by molar-refractivity contribution is -0.153. The third-order valence-electron chi connectivity index (χ3n) is 3.12. The van der Waals surface area contributed by atoms with Crippen molar-refractivity contribution in [3.63, 3.8) is 0 Å². The minimum absolute atomic E-state index is 0.101. The van der Waals surface area contributed by atoms with E-state index in [0.29, 0.717) is 12.5 Å². The number of hydrogen-bond acceptors (Lipinski definition) is 4. The van der Waals surface area contributed by atoms with Crippen LogP contribution in [-0.4, -0.2) is 43.0 Å². The number of nitrogens with zero attached hydrogens (tertiary/aromatic N) is 1. The number of hydrogen-bond donors (Lipinski definition) is 1. The SMILES string of the molecule is CC(C)C[C@H](CN)CC(=O)OCC(=O)N(C)C(C)C. The van der Waals surface area contributed by atoms with Gasteiger partial charge in [0.2, 0.25) is 0 Å². The quantitative estimate of drug-likeness (QED) is 0.678. The average Bonchev–Trinajstić information content (AvgIpc) is 2.33. The van der Waals surface area contributed by atoms with Crippen LogP contribution in [0.4, 0.5) is 0 Å². The standard InChI is InChI=1S/C14H28N2O3/c1-10(2)6-12(8-15)7-14(18)19-9-13(17)16(5)11(3)4/h10-12H,6-9,15H2,1-5H3/t12-/m0/s1. The van der Waals surface area contributed by atoms with Gasteiger partial charge in [0.05, 0.1) is 0 Å². The van der Waals surface area contributed by atoms with Crippen molar-refractivity contribution in [3.05, 3.63) is 0 Å². The van der Waals surface area contributed by atoms with Crippen LogP contribution in [0.15, 0.2) is 0 Å². The number of amides is 1. The Hall–Kier alpha value is -1.10. The van der Waals surface area contributed by atoms with Gasteiger partial charge in [0.15, 0.2) is 6.61 Å². The molecule has 0 fully saturated rings. The van der Waals surface area contributed by atoms with Crippen molar-refractivity contribution in [3.8, 4) is 0 Å². The summed E-state index contributed by atoms with van der Waals surface area (Å²) in [5.74, 6) is 0.0959. The molecule has 0 aliphatic heterocycles. The zero-order valence-electron chi connectivity index (χ0n) is 12.8. The Morgan fingerprint density at radius 3 is 2.21 bits per heavy atom. The molecule has 0 rings (SSSR count).